The number of aromatic nitrogens is 4. The number of aromatic amines is 2. The average Bonchev–Trinajstić information content (AvgIpc) is 3.36. The lowest BCUT2D eigenvalue weighted by atomic mass is 9.77. The van der Waals surface area contributed by atoms with Crippen LogP contribution in [-0.2, 0) is 18.4 Å². The molecular weight excluding hydrogens is 310 g/mol. The van der Waals surface area contributed by atoms with Crippen LogP contribution >= 0.6 is 0 Å². The number of hydrogen-bond acceptors (Lipinski definition) is 3. The van der Waals surface area contributed by atoms with Crippen LogP contribution in [-0.4, -0.2) is 38.4 Å². The summed E-state index contributed by atoms with van der Waals surface area (Å²) in [5, 5.41) is 15.1. The summed E-state index contributed by atoms with van der Waals surface area (Å²) in [6.45, 7) is 3.22. The molecule has 1 aliphatic heterocycles. The molecule has 3 heterocycles. The number of nitrogens with one attached hydrogen (secondary N) is 2. The fourth-order valence-corrected chi connectivity index (χ4v) is 4.76. The van der Waals surface area contributed by atoms with Gasteiger partial charge in [0.2, 0.25) is 0 Å². The van der Waals surface area contributed by atoms with Crippen molar-refractivity contribution < 1.29 is 0 Å². The summed E-state index contributed by atoms with van der Waals surface area (Å²) in [6, 6.07) is 10.5. The topological polar surface area (TPSA) is 60.6 Å². The highest BCUT2D eigenvalue weighted by atomic mass is 15.2. The molecule has 0 amide bonds. The van der Waals surface area contributed by atoms with Gasteiger partial charge >= 0.3 is 0 Å². The average molecular weight is 333 g/mol. The van der Waals surface area contributed by atoms with Crippen LogP contribution in [0.3, 0.4) is 0 Å². The standard InChI is InChI=1S/C20H23N5/c1-2-5-15(6-3-1)18-17(12-21-23-18)13-25-10-4-8-20(14-25)9-7-16-11-22-24-19(16)20/h1-3,5-6,11-12H,4,7-10,13-14H2,(H,21,23)(H,22,24). The molecule has 0 radical (unpaired) electrons. The Kier molecular flexibility index (Phi) is 3.48. The Morgan fingerprint density at radius 2 is 1.92 bits per heavy atom. The van der Waals surface area contributed by atoms with Crippen molar-refractivity contribution >= 4 is 0 Å². The number of likely N-dealkylation sites (tertiary alicyclic amines) is 1. The minimum Gasteiger partial charge on any atom is -0.298 e. The smallest absolute Gasteiger partial charge is 0.0695 e. The van der Waals surface area contributed by atoms with Crippen molar-refractivity contribution in [2.75, 3.05) is 13.1 Å². The van der Waals surface area contributed by atoms with E-state index in [1.165, 1.54) is 48.1 Å². The highest BCUT2D eigenvalue weighted by Crippen LogP contribution is 2.44. The zero-order valence-electron chi connectivity index (χ0n) is 14.3. The molecule has 5 rings (SSSR count). The Morgan fingerprint density at radius 1 is 1.04 bits per heavy atom. The fraction of sp³-hybridized carbons (Fsp3) is 0.400. The second-order valence-electron chi connectivity index (χ2n) is 7.50. The molecule has 1 aliphatic carbocycles. The summed E-state index contributed by atoms with van der Waals surface area (Å²) in [6.07, 6.45) is 8.95. The highest BCUT2D eigenvalue weighted by Gasteiger charge is 2.43. The molecule has 2 aromatic heterocycles. The molecule has 5 nitrogen and oxygen atoms in total. The molecule has 2 aliphatic rings. The molecular formula is C20H23N5. The van der Waals surface area contributed by atoms with E-state index in [9.17, 15) is 0 Å². The molecule has 128 valence electrons. The number of aryl methyl sites for hydroxylation is 1. The van der Waals surface area contributed by atoms with Crippen LogP contribution in [0, 0.1) is 0 Å². The maximum absolute atomic E-state index is 4.31. The summed E-state index contributed by atoms with van der Waals surface area (Å²) in [5.41, 5.74) is 6.74. The van der Waals surface area contributed by atoms with E-state index in [2.05, 4.69) is 55.6 Å². The number of benzene rings is 1. The van der Waals surface area contributed by atoms with Crippen molar-refractivity contribution in [1.82, 2.24) is 25.3 Å². The van der Waals surface area contributed by atoms with E-state index >= 15 is 0 Å². The number of piperidine rings is 1. The van der Waals surface area contributed by atoms with E-state index in [-0.39, 0.29) is 5.41 Å². The van der Waals surface area contributed by atoms with Crippen molar-refractivity contribution in [3.8, 4) is 11.3 Å². The van der Waals surface area contributed by atoms with Crippen LogP contribution < -0.4 is 0 Å². The Bertz CT molecular complexity index is 865. The normalized spacial score (nSPS) is 23.2. The lowest BCUT2D eigenvalue weighted by molar-refractivity contribution is 0.136. The predicted molar refractivity (Wildman–Crippen MR) is 97.1 cm³/mol. The minimum absolute atomic E-state index is 0.279. The van der Waals surface area contributed by atoms with Gasteiger partial charge in [-0.25, -0.2) is 0 Å². The van der Waals surface area contributed by atoms with Gasteiger partial charge in [-0.15, -0.1) is 0 Å². The first-order chi connectivity index (χ1) is 12.3. The van der Waals surface area contributed by atoms with Gasteiger partial charge in [0.05, 0.1) is 18.1 Å². The zero-order valence-corrected chi connectivity index (χ0v) is 14.3. The van der Waals surface area contributed by atoms with Gasteiger partial charge in [0.25, 0.3) is 0 Å². The first-order valence-corrected chi connectivity index (χ1v) is 9.17. The van der Waals surface area contributed by atoms with Crippen molar-refractivity contribution in [3.05, 3.63) is 59.5 Å². The van der Waals surface area contributed by atoms with Crippen LogP contribution in [0.1, 0.15) is 36.1 Å². The minimum atomic E-state index is 0.279. The number of rotatable bonds is 3. The molecule has 1 fully saturated rings. The van der Waals surface area contributed by atoms with Gasteiger partial charge in [0.15, 0.2) is 0 Å². The van der Waals surface area contributed by atoms with Crippen LogP contribution in [0.15, 0.2) is 42.7 Å². The number of nitrogens with zero attached hydrogens (tertiary/aromatic N) is 3. The number of hydrogen-bond donors (Lipinski definition) is 2. The van der Waals surface area contributed by atoms with Crippen LogP contribution in [0.5, 0.6) is 0 Å². The van der Waals surface area contributed by atoms with E-state index in [1.807, 2.05) is 12.4 Å². The van der Waals surface area contributed by atoms with E-state index in [1.54, 1.807) is 0 Å². The molecule has 1 unspecified atom stereocenters. The van der Waals surface area contributed by atoms with Gasteiger partial charge in [0, 0.05) is 29.8 Å². The molecule has 0 bridgehead atoms. The van der Waals surface area contributed by atoms with Crippen molar-refractivity contribution in [2.45, 2.75) is 37.6 Å². The Balaban J connectivity index is 1.39. The summed E-state index contributed by atoms with van der Waals surface area (Å²) < 4.78 is 0. The monoisotopic (exact) mass is 333 g/mol. The maximum Gasteiger partial charge on any atom is 0.0695 e. The quantitative estimate of drug-likeness (QED) is 0.773. The maximum atomic E-state index is 4.31. The SMILES string of the molecule is c1ccc(-c2[nH]ncc2CN2CCCC3(CCc4cn[nH]c43)C2)cc1. The molecule has 3 aromatic rings. The zero-order chi connectivity index (χ0) is 16.7. The van der Waals surface area contributed by atoms with Gasteiger partial charge in [-0.05, 0) is 43.4 Å². The summed E-state index contributed by atoms with van der Waals surface area (Å²) in [4.78, 5) is 2.59. The molecule has 1 saturated heterocycles. The second kappa shape index (κ2) is 5.85. The van der Waals surface area contributed by atoms with E-state index in [0.717, 1.165) is 25.3 Å². The molecule has 0 saturated carbocycles. The predicted octanol–water partition coefficient (Wildman–Crippen LogP) is 3.28. The van der Waals surface area contributed by atoms with Gasteiger partial charge < -0.3 is 0 Å². The first-order valence-electron chi connectivity index (χ1n) is 9.17. The molecule has 1 aromatic carbocycles. The largest absolute Gasteiger partial charge is 0.298 e. The van der Waals surface area contributed by atoms with Crippen LogP contribution in [0.4, 0.5) is 0 Å². The van der Waals surface area contributed by atoms with Crippen molar-refractivity contribution in [2.24, 2.45) is 0 Å². The molecule has 1 atom stereocenters. The molecule has 2 N–H and O–H groups in total. The second-order valence-corrected chi connectivity index (χ2v) is 7.50. The Morgan fingerprint density at radius 3 is 2.84 bits per heavy atom. The fourth-order valence-electron chi connectivity index (χ4n) is 4.76. The van der Waals surface area contributed by atoms with Crippen LogP contribution in [0.2, 0.25) is 0 Å². The van der Waals surface area contributed by atoms with Crippen molar-refractivity contribution in [1.29, 1.82) is 0 Å². The van der Waals surface area contributed by atoms with Gasteiger partial charge in [-0.2, -0.15) is 10.2 Å². The Labute approximate surface area is 147 Å². The van der Waals surface area contributed by atoms with E-state index < -0.39 is 0 Å². The van der Waals surface area contributed by atoms with Gasteiger partial charge in [0.1, 0.15) is 0 Å². The van der Waals surface area contributed by atoms with Crippen LogP contribution in [0.25, 0.3) is 11.3 Å². The summed E-state index contributed by atoms with van der Waals surface area (Å²) >= 11 is 0. The molecule has 1 spiro atoms. The van der Waals surface area contributed by atoms with E-state index in [0.29, 0.717) is 0 Å². The third kappa shape index (κ3) is 2.50. The Hall–Kier alpha value is -2.40. The summed E-state index contributed by atoms with van der Waals surface area (Å²) in [5.74, 6) is 0. The van der Waals surface area contributed by atoms with Crippen molar-refractivity contribution in [3.63, 3.8) is 0 Å². The lowest BCUT2D eigenvalue weighted by Gasteiger charge is -2.40. The third-order valence-electron chi connectivity index (χ3n) is 5.95. The molecule has 25 heavy (non-hydrogen) atoms. The number of fused-ring (bicyclic) bond motifs is 2. The summed E-state index contributed by atoms with van der Waals surface area (Å²) in [7, 11) is 0. The molecule has 5 heteroatoms. The van der Waals surface area contributed by atoms with E-state index in [4.69, 9.17) is 0 Å². The van der Waals surface area contributed by atoms with Gasteiger partial charge in [-0.3, -0.25) is 15.1 Å². The van der Waals surface area contributed by atoms with Gasteiger partial charge in [-0.1, -0.05) is 30.3 Å². The lowest BCUT2D eigenvalue weighted by Crippen LogP contribution is -2.44. The number of H-pyrrole nitrogens is 2. The third-order valence-corrected chi connectivity index (χ3v) is 5.95. The first kappa shape index (κ1) is 14.9. The highest BCUT2D eigenvalue weighted by molar-refractivity contribution is 5.62.